The minimum Gasteiger partial charge on any atom is -0.384 e. The molecule has 2 atom stereocenters. The average Bonchev–Trinajstić information content (AvgIpc) is 3.08. The number of nitrogens with one attached hydrogen (secondary N) is 2. The summed E-state index contributed by atoms with van der Waals surface area (Å²) in [5.41, 5.74) is 6.05. The predicted octanol–water partition coefficient (Wildman–Crippen LogP) is -1.21. The van der Waals surface area contributed by atoms with Crippen LogP contribution in [0.1, 0.15) is 15.9 Å². The predicted molar refractivity (Wildman–Crippen MR) is 98.6 cm³/mol. The van der Waals surface area contributed by atoms with Gasteiger partial charge in [-0.25, -0.2) is 9.79 Å². The maximum absolute atomic E-state index is 12.4. The summed E-state index contributed by atoms with van der Waals surface area (Å²) in [6, 6.07) is 4.62. The normalized spacial score (nSPS) is 21.0. The molecule has 2 unspecified atom stereocenters. The molecule has 146 valence electrons. The molecule has 1 saturated heterocycles. The van der Waals surface area contributed by atoms with Gasteiger partial charge in [-0.15, -0.1) is 0 Å². The van der Waals surface area contributed by atoms with E-state index in [1.165, 1.54) is 54.5 Å². The van der Waals surface area contributed by atoms with Gasteiger partial charge in [-0.1, -0.05) is 12.1 Å². The molecule has 0 aromatic heterocycles. The fourth-order valence-electron chi connectivity index (χ4n) is 3.05. The molecule has 0 radical (unpaired) electrons. The smallest absolute Gasteiger partial charge is 0.328 e. The molecule has 2 aliphatic rings. The number of rotatable bonds is 4. The van der Waals surface area contributed by atoms with Crippen LogP contribution in [0.15, 0.2) is 29.3 Å². The van der Waals surface area contributed by atoms with Crippen LogP contribution in [-0.4, -0.2) is 83.5 Å². The molecule has 3 rings (SSSR count). The van der Waals surface area contributed by atoms with Gasteiger partial charge in [-0.2, -0.15) is 0 Å². The van der Waals surface area contributed by atoms with Crippen molar-refractivity contribution in [3.8, 4) is 0 Å². The van der Waals surface area contributed by atoms with E-state index in [2.05, 4.69) is 10.3 Å². The Kier molecular flexibility index (Phi) is 4.82. The van der Waals surface area contributed by atoms with Crippen molar-refractivity contribution >= 4 is 35.9 Å². The lowest BCUT2D eigenvalue weighted by atomic mass is 10.1. The van der Waals surface area contributed by atoms with Gasteiger partial charge >= 0.3 is 6.03 Å². The number of imide groups is 2. The van der Waals surface area contributed by atoms with Gasteiger partial charge in [0.25, 0.3) is 11.8 Å². The molecule has 2 aliphatic heterocycles. The first-order valence-electron chi connectivity index (χ1n) is 8.32. The molecular formula is C17H19N7O4. The Labute approximate surface area is 160 Å². The Morgan fingerprint density at radius 2 is 1.79 bits per heavy atom. The number of nitrogen functional groups attached to an aromatic ring is 1. The van der Waals surface area contributed by atoms with Crippen LogP contribution in [0.2, 0.25) is 0 Å². The lowest BCUT2D eigenvalue weighted by Crippen LogP contribution is -2.64. The molecule has 28 heavy (non-hydrogen) atoms. The molecule has 11 heteroatoms. The minimum absolute atomic E-state index is 0.128. The Morgan fingerprint density at radius 3 is 2.39 bits per heavy atom. The first-order valence-corrected chi connectivity index (χ1v) is 8.32. The molecule has 5 amide bonds. The number of carbonyl (C=O) groups excluding carboxylic acids is 4. The van der Waals surface area contributed by atoms with E-state index < -0.39 is 36.0 Å². The summed E-state index contributed by atoms with van der Waals surface area (Å²) in [5, 5.41) is 9.57. The number of amidine groups is 1. The molecule has 0 saturated carbocycles. The monoisotopic (exact) mass is 385 g/mol. The van der Waals surface area contributed by atoms with E-state index in [1.807, 2.05) is 0 Å². The second-order valence-corrected chi connectivity index (χ2v) is 6.45. The molecule has 0 spiro atoms. The molecular weight excluding hydrogens is 366 g/mol. The molecule has 0 bridgehead atoms. The number of nitrogens with zero attached hydrogens (tertiary/aromatic N) is 4. The summed E-state index contributed by atoms with van der Waals surface area (Å²) < 4.78 is 0. The summed E-state index contributed by atoms with van der Waals surface area (Å²) >= 11 is 0. The standard InChI is InChI=1S/C17H19N7O4/c1-22-14-12(16(27)23(2)17(22)28)24(8-20-14)7-11(25)21-15(26)10-5-3-9(4-6-10)13(18)19/h3-6,8,12,14H,7H2,1-2H3,(H3,18,19)(H,21,25,26). The summed E-state index contributed by atoms with van der Waals surface area (Å²) in [6.07, 6.45) is 0.626. The molecule has 1 aromatic rings. The number of aliphatic imine (C=N–C) groups is 1. The number of nitrogens with two attached hydrogens (primary N) is 1. The molecule has 1 aromatic carbocycles. The third-order valence-corrected chi connectivity index (χ3v) is 4.61. The Hall–Kier alpha value is -3.76. The van der Waals surface area contributed by atoms with Crippen molar-refractivity contribution in [1.82, 2.24) is 20.0 Å². The number of carbonyl (C=O) groups is 4. The van der Waals surface area contributed by atoms with Crippen molar-refractivity contribution in [3.05, 3.63) is 35.4 Å². The third-order valence-electron chi connectivity index (χ3n) is 4.61. The van der Waals surface area contributed by atoms with Gasteiger partial charge in [0.15, 0.2) is 12.2 Å². The van der Waals surface area contributed by atoms with Crippen LogP contribution in [0, 0.1) is 5.41 Å². The van der Waals surface area contributed by atoms with Crippen LogP contribution in [0.25, 0.3) is 0 Å². The zero-order chi connectivity index (χ0) is 20.6. The molecule has 4 N–H and O–H groups in total. The van der Waals surface area contributed by atoms with Crippen molar-refractivity contribution in [2.45, 2.75) is 12.2 Å². The van der Waals surface area contributed by atoms with Crippen LogP contribution in [0.3, 0.4) is 0 Å². The van der Waals surface area contributed by atoms with Gasteiger partial charge in [0.05, 0.1) is 12.9 Å². The van der Waals surface area contributed by atoms with E-state index in [1.54, 1.807) is 0 Å². The fourth-order valence-corrected chi connectivity index (χ4v) is 3.05. The molecule has 0 aliphatic carbocycles. The zero-order valence-electron chi connectivity index (χ0n) is 15.2. The van der Waals surface area contributed by atoms with Gasteiger partial charge in [-0.3, -0.25) is 30.0 Å². The van der Waals surface area contributed by atoms with Crippen molar-refractivity contribution in [2.24, 2.45) is 10.7 Å². The van der Waals surface area contributed by atoms with Gasteiger partial charge in [0.1, 0.15) is 5.84 Å². The largest absolute Gasteiger partial charge is 0.384 e. The van der Waals surface area contributed by atoms with Crippen molar-refractivity contribution in [2.75, 3.05) is 20.6 Å². The highest BCUT2D eigenvalue weighted by Gasteiger charge is 2.48. The summed E-state index contributed by atoms with van der Waals surface area (Å²) in [7, 11) is 2.89. The van der Waals surface area contributed by atoms with E-state index in [9.17, 15) is 19.2 Å². The Bertz CT molecular complexity index is 895. The van der Waals surface area contributed by atoms with E-state index in [4.69, 9.17) is 11.1 Å². The first kappa shape index (κ1) is 19.0. The number of fused-ring (bicyclic) bond motifs is 1. The lowest BCUT2D eigenvalue weighted by Gasteiger charge is -2.39. The molecule has 2 heterocycles. The van der Waals surface area contributed by atoms with Crippen LogP contribution >= 0.6 is 0 Å². The van der Waals surface area contributed by atoms with Crippen LogP contribution in [0.5, 0.6) is 0 Å². The second-order valence-electron chi connectivity index (χ2n) is 6.45. The number of hydrogen-bond acceptors (Lipinski definition) is 7. The first-order chi connectivity index (χ1) is 13.2. The Morgan fingerprint density at radius 1 is 1.18 bits per heavy atom. The van der Waals surface area contributed by atoms with Gasteiger partial charge in [0.2, 0.25) is 5.91 Å². The number of hydrogen-bond donors (Lipinski definition) is 3. The lowest BCUT2D eigenvalue weighted by molar-refractivity contribution is -0.136. The van der Waals surface area contributed by atoms with Crippen LogP contribution in [-0.2, 0) is 9.59 Å². The quantitative estimate of drug-likeness (QED) is 0.437. The highest BCUT2D eigenvalue weighted by atomic mass is 16.2. The topological polar surface area (TPSA) is 152 Å². The van der Waals surface area contributed by atoms with Crippen LogP contribution in [0.4, 0.5) is 4.79 Å². The number of benzene rings is 1. The molecule has 11 nitrogen and oxygen atoms in total. The second kappa shape index (κ2) is 7.10. The van der Waals surface area contributed by atoms with Gasteiger partial charge in [0, 0.05) is 25.2 Å². The summed E-state index contributed by atoms with van der Waals surface area (Å²) in [4.78, 5) is 56.7. The van der Waals surface area contributed by atoms with Crippen molar-refractivity contribution < 1.29 is 19.2 Å². The van der Waals surface area contributed by atoms with Crippen LogP contribution < -0.4 is 11.1 Å². The van der Waals surface area contributed by atoms with E-state index in [0.29, 0.717) is 5.56 Å². The minimum atomic E-state index is -0.816. The third kappa shape index (κ3) is 3.29. The average molecular weight is 385 g/mol. The molecule has 1 fully saturated rings. The summed E-state index contributed by atoms with van der Waals surface area (Å²) in [6.45, 7) is -0.274. The number of likely N-dealkylation sites (N-methyl/N-ethyl adjacent to an activating group) is 2. The maximum Gasteiger partial charge on any atom is 0.328 e. The fraction of sp³-hybridized carbons (Fsp3) is 0.294. The van der Waals surface area contributed by atoms with E-state index >= 15 is 0 Å². The number of urea groups is 1. The Balaban J connectivity index is 1.64. The van der Waals surface area contributed by atoms with Gasteiger partial charge in [-0.05, 0) is 12.1 Å². The zero-order valence-corrected chi connectivity index (χ0v) is 15.2. The summed E-state index contributed by atoms with van der Waals surface area (Å²) in [5.74, 6) is -1.84. The van der Waals surface area contributed by atoms with Gasteiger partial charge < -0.3 is 15.5 Å². The van der Waals surface area contributed by atoms with E-state index in [-0.39, 0.29) is 17.9 Å². The van der Waals surface area contributed by atoms with E-state index in [0.717, 1.165) is 4.90 Å². The highest BCUT2D eigenvalue weighted by Crippen LogP contribution is 2.24. The highest BCUT2D eigenvalue weighted by molar-refractivity contribution is 6.07. The van der Waals surface area contributed by atoms with Crippen molar-refractivity contribution in [3.63, 3.8) is 0 Å². The number of amides is 5. The van der Waals surface area contributed by atoms with Crippen molar-refractivity contribution in [1.29, 1.82) is 5.41 Å². The SMILES string of the molecule is CN1C(=O)C2C(N=CN2CC(=O)NC(=O)c2ccc(C(=N)N)cc2)N(C)C1=O. The maximum atomic E-state index is 12.4.